The molecule has 1 aliphatic rings. The number of nitrogens with zero attached hydrogens (tertiary/aromatic N) is 4. The summed E-state index contributed by atoms with van der Waals surface area (Å²) < 4.78 is 0. The third kappa shape index (κ3) is 4.30. The molecule has 2 aromatic rings. The molecule has 3 rings (SSSR count). The van der Waals surface area contributed by atoms with E-state index in [1.54, 1.807) is 36.3 Å². The van der Waals surface area contributed by atoms with Crippen LogP contribution in [0.15, 0.2) is 41.9 Å². The van der Waals surface area contributed by atoms with E-state index in [9.17, 15) is 4.79 Å². The van der Waals surface area contributed by atoms with E-state index in [1.807, 2.05) is 12.1 Å². The fourth-order valence-corrected chi connectivity index (χ4v) is 3.72. The quantitative estimate of drug-likeness (QED) is 0.861. The molecule has 122 valence electrons. The van der Waals surface area contributed by atoms with Crippen LogP contribution < -0.4 is 5.32 Å². The number of nitrogens with one attached hydrogen (secondary N) is 1. The maximum Gasteiger partial charge on any atom is 0.270 e. The zero-order valence-electron chi connectivity index (χ0n) is 13.1. The van der Waals surface area contributed by atoms with Gasteiger partial charge in [-0.25, -0.2) is 15.0 Å². The Morgan fingerprint density at radius 2 is 1.92 bits per heavy atom. The van der Waals surface area contributed by atoms with E-state index in [-0.39, 0.29) is 11.9 Å². The summed E-state index contributed by atoms with van der Waals surface area (Å²) in [7, 11) is 0. The lowest BCUT2D eigenvalue weighted by Crippen LogP contribution is -2.38. The topological polar surface area (TPSA) is 91.6 Å². The van der Waals surface area contributed by atoms with Crippen molar-refractivity contribution >= 4 is 17.7 Å². The number of carbonyl (C=O) groups is 1. The predicted molar refractivity (Wildman–Crippen MR) is 90.4 cm³/mol. The van der Waals surface area contributed by atoms with Gasteiger partial charge in [0.15, 0.2) is 5.16 Å². The second-order valence-electron chi connectivity index (χ2n) is 5.64. The molecule has 0 aliphatic heterocycles. The van der Waals surface area contributed by atoms with Gasteiger partial charge in [0.05, 0.1) is 5.56 Å². The van der Waals surface area contributed by atoms with E-state index < -0.39 is 0 Å². The van der Waals surface area contributed by atoms with E-state index in [4.69, 9.17) is 5.26 Å². The van der Waals surface area contributed by atoms with Crippen LogP contribution in [-0.2, 0) is 0 Å². The van der Waals surface area contributed by atoms with Crippen molar-refractivity contribution in [3.63, 3.8) is 0 Å². The Bertz CT molecular complexity index is 721. The molecule has 0 radical (unpaired) electrons. The number of hydrogen-bond donors (Lipinski definition) is 1. The first-order valence-corrected chi connectivity index (χ1v) is 8.73. The Kier molecular flexibility index (Phi) is 5.39. The van der Waals surface area contributed by atoms with Crippen molar-refractivity contribution in [2.45, 2.75) is 42.1 Å². The smallest absolute Gasteiger partial charge is 0.270 e. The minimum atomic E-state index is -0.179. The van der Waals surface area contributed by atoms with Gasteiger partial charge in [0, 0.05) is 29.9 Å². The van der Waals surface area contributed by atoms with Crippen LogP contribution in [0.4, 0.5) is 0 Å². The highest BCUT2D eigenvalue weighted by atomic mass is 32.2. The Morgan fingerprint density at radius 1 is 1.17 bits per heavy atom. The zero-order valence-corrected chi connectivity index (χ0v) is 13.9. The second kappa shape index (κ2) is 7.88. The van der Waals surface area contributed by atoms with E-state index in [0.717, 1.165) is 30.8 Å². The standard InChI is InChI=1S/C17H17N5OS/c18-10-12-2-7-15(21-11-12)16(23)22-13-3-5-14(6-4-13)24-17-19-8-1-9-20-17/h1-2,7-9,11,13-14H,3-6H2,(H,22,23). The van der Waals surface area contributed by atoms with Crippen LogP contribution in [0.5, 0.6) is 0 Å². The van der Waals surface area contributed by atoms with Crippen LogP contribution in [-0.4, -0.2) is 32.2 Å². The normalized spacial score (nSPS) is 20.1. The molecule has 7 heteroatoms. The molecule has 0 atom stereocenters. The average Bonchev–Trinajstić information content (AvgIpc) is 2.64. The summed E-state index contributed by atoms with van der Waals surface area (Å²) in [5.74, 6) is -0.179. The highest BCUT2D eigenvalue weighted by Crippen LogP contribution is 2.31. The summed E-state index contributed by atoms with van der Waals surface area (Å²) in [6, 6.07) is 7.17. The predicted octanol–water partition coefficient (Wildman–Crippen LogP) is 2.58. The van der Waals surface area contributed by atoms with Crippen molar-refractivity contribution in [3.05, 3.63) is 48.0 Å². The lowest BCUT2D eigenvalue weighted by molar-refractivity contribution is 0.0923. The summed E-state index contributed by atoms with van der Waals surface area (Å²) in [4.78, 5) is 24.7. The third-order valence-electron chi connectivity index (χ3n) is 3.95. The van der Waals surface area contributed by atoms with E-state index in [1.165, 1.54) is 6.20 Å². The zero-order chi connectivity index (χ0) is 16.8. The number of thioether (sulfide) groups is 1. The van der Waals surface area contributed by atoms with Crippen molar-refractivity contribution in [1.82, 2.24) is 20.3 Å². The highest BCUT2D eigenvalue weighted by Gasteiger charge is 2.24. The SMILES string of the molecule is N#Cc1ccc(C(=O)NC2CCC(Sc3ncccn3)CC2)nc1. The van der Waals surface area contributed by atoms with Crippen LogP contribution >= 0.6 is 11.8 Å². The van der Waals surface area contributed by atoms with Gasteiger partial charge in [-0.15, -0.1) is 0 Å². The van der Waals surface area contributed by atoms with Crippen molar-refractivity contribution in [1.29, 1.82) is 5.26 Å². The molecule has 0 saturated heterocycles. The first-order chi connectivity index (χ1) is 11.7. The number of carbonyl (C=O) groups excluding carboxylic acids is 1. The maximum absolute atomic E-state index is 12.2. The van der Waals surface area contributed by atoms with E-state index in [0.29, 0.717) is 16.5 Å². The number of amides is 1. The van der Waals surface area contributed by atoms with Gasteiger partial charge in [0.2, 0.25) is 0 Å². The van der Waals surface area contributed by atoms with Crippen LogP contribution in [0.25, 0.3) is 0 Å². The number of aromatic nitrogens is 3. The van der Waals surface area contributed by atoms with Gasteiger partial charge in [-0.1, -0.05) is 11.8 Å². The Balaban J connectivity index is 1.48. The number of pyridine rings is 1. The molecule has 1 fully saturated rings. The van der Waals surface area contributed by atoms with Gasteiger partial charge in [-0.3, -0.25) is 4.79 Å². The largest absolute Gasteiger partial charge is 0.348 e. The number of rotatable bonds is 4. The average molecular weight is 339 g/mol. The van der Waals surface area contributed by atoms with Gasteiger partial charge in [0.1, 0.15) is 11.8 Å². The Labute approximate surface area is 144 Å². The molecule has 0 aromatic carbocycles. The van der Waals surface area contributed by atoms with Crippen LogP contribution in [0.3, 0.4) is 0 Å². The maximum atomic E-state index is 12.2. The summed E-state index contributed by atoms with van der Waals surface area (Å²) in [6.45, 7) is 0. The lowest BCUT2D eigenvalue weighted by atomic mass is 9.95. The first kappa shape index (κ1) is 16.4. The Hall–Kier alpha value is -2.46. The van der Waals surface area contributed by atoms with Crippen LogP contribution in [0.2, 0.25) is 0 Å². The third-order valence-corrected chi connectivity index (χ3v) is 5.18. The summed E-state index contributed by atoms with van der Waals surface area (Å²) >= 11 is 1.71. The fraction of sp³-hybridized carbons (Fsp3) is 0.353. The van der Waals surface area contributed by atoms with Crippen LogP contribution in [0, 0.1) is 11.3 Å². The molecule has 6 nitrogen and oxygen atoms in total. The van der Waals surface area contributed by atoms with Crippen LogP contribution in [0.1, 0.15) is 41.7 Å². The molecular weight excluding hydrogens is 322 g/mol. The molecule has 1 amide bonds. The minimum absolute atomic E-state index is 0.170. The van der Waals surface area contributed by atoms with E-state index >= 15 is 0 Å². The summed E-state index contributed by atoms with van der Waals surface area (Å²) in [5.41, 5.74) is 0.801. The lowest BCUT2D eigenvalue weighted by Gasteiger charge is -2.28. The second-order valence-corrected chi connectivity index (χ2v) is 6.91. The molecule has 1 aliphatic carbocycles. The van der Waals surface area contributed by atoms with Gasteiger partial charge < -0.3 is 5.32 Å². The number of nitriles is 1. The number of hydrogen-bond acceptors (Lipinski definition) is 6. The summed E-state index contributed by atoms with van der Waals surface area (Å²) in [5, 5.41) is 13.1. The summed E-state index contributed by atoms with van der Waals surface area (Å²) in [6.07, 6.45) is 8.85. The minimum Gasteiger partial charge on any atom is -0.348 e. The molecular formula is C17H17N5OS. The van der Waals surface area contributed by atoms with Gasteiger partial charge in [-0.2, -0.15) is 5.26 Å². The van der Waals surface area contributed by atoms with Gasteiger partial charge in [0.25, 0.3) is 5.91 Å². The van der Waals surface area contributed by atoms with Crippen molar-refractivity contribution < 1.29 is 4.79 Å². The van der Waals surface area contributed by atoms with Crippen molar-refractivity contribution in [3.8, 4) is 6.07 Å². The monoisotopic (exact) mass is 339 g/mol. The molecule has 1 saturated carbocycles. The fourth-order valence-electron chi connectivity index (χ4n) is 2.67. The molecule has 2 heterocycles. The molecule has 0 unspecified atom stereocenters. The molecule has 2 aromatic heterocycles. The van der Waals surface area contributed by atoms with Crippen molar-refractivity contribution in [2.75, 3.05) is 0 Å². The highest BCUT2D eigenvalue weighted by molar-refractivity contribution is 7.99. The molecule has 24 heavy (non-hydrogen) atoms. The molecule has 1 N–H and O–H groups in total. The molecule has 0 bridgehead atoms. The van der Waals surface area contributed by atoms with Gasteiger partial charge >= 0.3 is 0 Å². The molecule has 0 spiro atoms. The van der Waals surface area contributed by atoms with Gasteiger partial charge in [-0.05, 0) is 43.9 Å². The van der Waals surface area contributed by atoms with Crippen molar-refractivity contribution in [2.24, 2.45) is 0 Å². The van der Waals surface area contributed by atoms with E-state index in [2.05, 4.69) is 20.3 Å². The first-order valence-electron chi connectivity index (χ1n) is 7.85. The Morgan fingerprint density at radius 3 is 2.54 bits per heavy atom.